The molecule has 7 nitrogen and oxygen atoms in total. The number of benzene rings is 2. The molecule has 4 rings (SSSR count). The highest BCUT2D eigenvalue weighted by Crippen LogP contribution is 2.35. The Hall–Kier alpha value is -2.93. The predicted molar refractivity (Wildman–Crippen MR) is 121 cm³/mol. The zero-order valence-electron chi connectivity index (χ0n) is 18.1. The largest absolute Gasteiger partial charge is 0.362 e. The number of carbonyl (C=O) groups is 1. The molecule has 2 heterocycles. The van der Waals surface area contributed by atoms with Crippen LogP contribution in [0, 0.1) is 15.5 Å². The SMILES string of the molecule is CC1(C(=O)N2CCN(c3ccccc3[N+](=O)[O-])CC2)CCN(Cc2ccccc2)CC1. The highest BCUT2D eigenvalue weighted by atomic mass is 16.6. The van der Waals surface area contributed by atoms with Gasteiger partial charge in [-0.3, -0.25) is 19.8 Å². The van der Waals surface area contributed by atoms with Crippen molar-refractivity contribution in [2.75, 3.05) is 44.2 Å². The molecule has 31 heavy (non-hydrogen) atoms. The maximum atomic E-state index is 13.3. The van der Waals surface area contributed by atoms with E-state index < -0.39 is 0 Å². The van der Waals surface area contributed by atoms with E-state index in [0.717, 1.165) is 32.5 Å². The lowest BCUT2D eigenvalue weighted by atomic mass is 9.78. The third-order valence-electron chi connectivity index (χ3n) is 6.71. The van der Waals surface area contributed by atoms with Gasteiger partial charge in [0, 0.05) is 44.2 Å². The van der Waals surface area contributed by atoms with E-state index in [4.69, 9.17) is 0 Å². The smallest absolute Gasteiger partial charge is 0.292 e. The summed E-state index contributed by atoms with van der Waals surface area (Å²) >= 11 is 0. The second-order valence-electron chi connectivity index (χ2n) is 8.85. The van der Waals surface area contributed by atoms with Crippen LogP contribution in [-0.2, 0) is 11.3 Å². The number of nitrogens with zero attached hydrogens (tertiary/aromatic N) is 4. The number of rotatable bonds is 5. The van der Waals surface area contributed by atoms with E-state index in [2.05, 4.69) is 36.1 Å². The molecule has 0 unspecified atom stereocenters. The van der Waals surface area contributed by atoms with Crippen molar-refractivity contribution in [3.63, 3.8) is 0 Å². The van der Waals surface area contributed by atoms with Gasteiger partial charge in [0.15, 0.2) is 0 Å². The third-order valence-corrected chi connectivity index (χ3v) is 6.71. The molecule has 0 radical (unpaired) electrons. The van der Waals surface area contributed by atoms with E-state index in [1.54, 1.807) is 12.1 Å². The number of hydrogen-bond acceptors (Lipinski definition) is 5. The molecule has 2 fully saturated rings. The Morgan fingerprint density at radius 2 is 1.55 bits per heavy atom. The summed E-state index contributed by atoms with van der Waals surface area (Å²) in [6, 6.07) is 17.3. The van der Waals surface area contributed by atoms with E-state index in [1.165, 1.54) is 11.6 Å². The van der Waals surface area contributed by atoms with Gasteiger partial charge in [0.2, 0.25) is 5.91 Å². The van der Waals surface area contributed by atoms with Gasteiger partial charge in [-0.15, -0.1) is 0 Å². The number of hydrogen-bond donors (Lipinski definition) is 0. The van der Waals surface area contributed by atoms with Gasteiger partial charge in [-0.25, -0.2) is 0 Å². The van der Waals surface area contributed by atoms with Crippen LogP contribution in [0.5, 0.6) is 0 Å². The highest BCUT2D eigenvalue weighted by molar-refractivity contribution is 5.83. The van der Waals surface area contributed by atoms with Gasteiger partial charge >= 0.3 is 0 Å². The van der Waals surface area contributed by atoms with Gasteiger partial charge in [0.25, 0.3) is 5.69 Å². The quantitative estimate of drug-likeness (QED) is 0.544. The average molecular weight is 423 g/mol. The molecule has 0 spiro atoms. The number of para-hydroxylation sites is 2. The number of amides is 1. The summed E-state index contributed by atoms with van der Waals surface area (Å²) in [5, 5.41) is 11.3. The number of anilines is 1. The molecule has 0 aromatic heterocycles. The first kappa shape index (κ1) is 21.3. The van der Waals surface area contributed by atoms with Crippen molar-refractivity contribution in [2.45, 2.75) is 26.3 Å². The van der Waals surface area contributed by atoms with Crippen LogP contribution < -0.4 is 4.90 Å². The fourth-order valence-electron chi connectivity index (χ4n) is 4.68. The Balaban J connectivity index is 1.32. The first-order valence-corrected chi connectivity index (χ1v) is 11.0. The molecule has 2 aliphatic rings. The Morgan fingerprint density at radius 3 is 2.19 bits per heavy atom. The third kappa shape index (κ3) is 4.71. The fourth-order valence-corrected chi connectivity index (χ4v) is 4.68. The zero-order chi connectivity index (χ0) is 21.8. The van der Waals surface area contributed by atoms with E-state index in [0.29, 0.717) is 31.9 Å². The summed E-state index contributed by atoms with van der Waals surface area (Å²) in [6.45, 7) is 7.33. The summed E-state index contributed by atoms with van der Waals surface area (Å²) in [5.74, 6) is 0.231. The summed E-state index contributed by atoms with van der Waals surface area (Å²) in [4.78, 5) is 30.7. The highest BCUT2D eigenvalue weighted by Gasteiger charge is 2.40. The Morgan fingerprint density at radius 1 is 0.935 bits per heavy atom. The normalized spacial score (nSPS) is 19.3. The fraction of sp³-hybridized carbons (Fsp3) is 0.458. The molecular weight excluding hydrogens is 392 g/mol. The van der Waals surface area contributed by atoms with Crippen molar-refractivity contribution in [2.24, 2.45) is 5.41 Å². The molecule has 1 amide bonds. The molecule has 164 valence electrons. The number of piperazine rings is 1. The minimum absolute atomic E-state index is 0.125. The van der Waals surface area contributed by atoms with E-state index in [1.807, 2.05) is 21.9 Å². The van der Waals surface area contributed by atoms with Crippen LogP contribution >= 0.6 is 0 Å². The van der Waals surface area contributed by atoms with Crippen LogP contribution in [-0.4, -0.2) is 59.9 Å². The maximum absolute atomic E-state index is 13.3. The molecule has 0 bridgehead atoms. The van der Waals surface area contributed by atoms with Crippen LogP contribution in [0.15, 0.2) is 54.6 Å². The van der Waals surface area contributed by atoms with E-state index in [9.17, 15) is 14.9 Å². The molecule has 0 saturated carbocycles. The summed E-state index contributed by atoms with van der Waals surface area (Å²) in [6.07, 6.45) is 1.73. The monoisotopic (exact) mass is 422 g/mol. The zero-order valence-corrected chi connectivity index (χ0v) is 18.1. The topological polar surface area (TPSA) is 69.9 Å². The molecule has 0 N–H and O–H groups in total. The molecule has 0 atom stereocenters. The van der Waals surface area contributed by atoms with Crippen LogP contribution in [0.4, 0.5) is 11.4 Å². The van der Waals surface area contributed by atoms with Gasteiger partial charge in [-0.05, 0) is 37.6 Å². The van der Waals surface area contributed by atoms with Gasteiger partial charge in [-0.1, -0.05) is 49.4 Å². The minimum atomic E-state index is -0.336. The molecule has 2 saturated heterocycles. The number of piperidine rings is 1. The molecule has 0 aliphatic carbocycles. The van der Waals surface area contributed by atoms with Crippen LogP contribution in [0.2, 0.25) is 0 Å². The Labute approximate surface area is 183 Å². The maximum Gasteiger partial charge on any atom is 0.292 e. The van der Waals surface area contributed by atoms with Gasteiger partial charge in [0.1, 0.15) is 5.69 Å². The van der Waals surface area contributed by atoms with Crippen molar-refractivity contribution in [1.29, 1.82) is 0 Å². The molecule has 2 aromatic rings. The second-order valence-corrected chi connectivity index (χ2v) is 8.85. The summed E-state index contributed by atoms with van der Waals surface area (Å²) in [7, 11) is 0. The van der Waals surface area contributed by atoms with Gasteiger partial charge in [0.05, 0.1) is 4.92 Å². The van der Waals surface area contributed by atoms with E-state index in [-0.39, 0.29) is 21.9 Å². The molecule has 2 aliphatic heterocycles. The number of nitro benzene ring substituents is 1. The van der Waals surface area contributed by atoms with Crippen LogP contribution in [0.25, 0.3) is 0 Å². The van der Waals surface area contributed by atoms with E-state index >= 15 is 0 Å². The lowest BCUT2D eigenvalue weighted by Gasteiger charge is -2.43. The van der Waals surface area contributed by atoms with Gasteiger partial charge in [-0.2, -0.15) is 0 Å². The number of likely N-dealkylation sites (tertiary alicyclic amines) is 1. The second kappa shape index (κ2) is 9.06. The molecule has 2 aromatic carbocycles. The molecule has 7 heteroatoms. The lowest BCUT2D eigenvalue weighted by Crippen LogP contribution is -2.54. The average Bonchev–Trinajstić information content (AvgIpc) is 2.81. The number of carbonyl (C=O) groups excluding carboxylic acids is 1. The summed E-state index contributed by atoms with van der Waals surface area (Å²) < 4.78 is 0. The van der Waals surface area contributed by atoms with Crippen molar-refractivity contribution in [3.8, 4) is 0 Å². The van der Waals surface area contributed by atoms with Crippen LogP contribution in [0.1, 0.15) is 25.3 Å². The molecular formula is C24H30N4O3. The summed E-state index contributed by atoms with van der Waals surface area (Å²) in [5.41, 5.74) is 1.75. The van der Waals surface area contributed by atoms with Crippen molar-refractivity contribution >= 4 is 17.3 Å². The Bertz CT molecular complexity index is 917. The Kier molecular flexibility index (Phi) is 6.23. The standard InChI is InChI=1S/C24H30N4O3/c1-24(11-13-25(14-12-24)19-20-7-3-2-4-8-20)23(29)27-17-15-26(16-18-27)21-9-5-6-10-22(21)28(30)31/h2-10H,11-19H2,1H3. The van der Waals surface area contributed by atoms with Crippen LogP contribution in [0.3, 0.4) is 0 Å². The van der Waals surface area contributed by atoms with Crippen molar-refractivity contribution in [3.05, 3.63) is 70.3 Å². The van der Waals surface area contributed by atoms with Crippen molar-refractivity contribution in [1.82, 2.24) is 9.80 Å². The predicted octanol–water partition coefficient (Wildman–Crippen LogP) is 3.55. The number of nitro groups is 1. The first-order chi connectivity index (χ1) is 15.0. The minimum Gasteiger partial charge on any atom is -0.362 e. The van der Waals surface area contributed by atoms with Gasteiger partial charge < -0.3 is 9.80 Å². The lowest BCUT2D eigenvalue weighted by molar-refractivity contribution is -0.384. The van der Waals surface area contributed by atoms with Crippen molar-refractivity contribution < 1.29 is 9.72 Å². The first-order valence-electron chi connectivity index (χ1n) is 11.0.